The van der Waals surface area contributed by atoms with E-state index in [1.54, 1.807) is 0 Å². The van der Waals surface area contributed by atoms with Crippen molar-refractivity contribution in [2.24, 2.45) is 0 Å². The van der Waals surface area contributed by atoms with Crippen LogP contribution in [0.1, 0.15) is 425 Å². The van der Waals surface area contributed by atoms with Crippen LogP contribution in [0, 0.1) is 0 Å². The summed E-state index contributed by atoms with van der Waals surface area (Å²) < 4.78 is 17.0. The third kappa shape index (κ3) is 68.7. The zero-order chi connectivity index (χ0) is 59.2. The average Bonchev–Trinajstić information content (AvgIpc) is 3.47. The molecule has 0 bridgehead atoms. The van der Waals surface area contributed by atoms with Crippen LogP contribution in [0.3, 0.4) is 0 Å². The van der Waals surface area contributed by atoms with E-state index in [2.05, 4.69) is 45.1 Å². The molecule has 0 rings (SSSR count). The molecule has 0 aliphatic rings. The molecular weight excluding hydrogens is 1010 g/mol. The van der Waals surface area contributed by atoms with Crippen molar-refractivity contribution in [2.45, 2.75) is 431 Å². The van der Waals surface area contributed by atoms with Gasteiger partial charge in [0.2, 0.25) is 0 Å². The molecule has 0 heterocycles. The monoisotopic (exact) mass is 1150 g/mol. The molecule has 484 valence electrons. The van der Waals surface area contributed by atoms with E-state index in [9.17, 15) is 14.4 Å². The summed E-state index contributed by atoms with van der Waals surface area (Å²) in [5.74, 6) is -0.825. The second-order valence-electron chi connectivity index (χ2n) is 25.6. The predicted molar refractivity (Wildman–Crippen MR) is 358 cm³/mol. The van der Waals surface area contributed by atoms with Gasteiger partial charge in [0, 0.05) is 19.3 Å². The number of rotatable bonds is 70. The number of unbranched alkanes of at least 4 members (excludes halogenated alkanes) is 55. The smallest absolute Gasteiger partial charge is 0.306 e. The first-order valence-corrected chi connectivity index (χ1v) is 37.3. The van der Waals surface area contributed by atoms with Crippen LogP contribution in [-0.2, 0) is 28.6 Å². The summed E-state index contributed by atoms with van der Waals surface area (Å²) in [4.78, 5) is 38.4. The molecule has 0 aromatic carbocycles. The van der Waals surface area contributed by atoms with Crippen LogP contribution in [0.2, 0.25) is 0 Å². The van der Waals surface area contributed by atoms with Crippen molar-refractivity contribution in [1.82, 2.24) is 0 Å². The van der Waals surface area contributed by atoms with Gasteiger partial charge in [-0.15, -0.1) is 0 Å². The van der Waals surface area contributed by atoms with Crippen molar-refractivity contribution in [2.75, 3.05) is 13.2 Å². The highest BCUT2D eigenvalue weighted by atomic mass is 16.6. The Hall–Kier alpha value is -2.11. The quantitative estimate of drug-likeness (QED) is 0.0261. The average molecular weight is 1150 g/mol. The van der Waals surface area contributed by atoms with E-state index in [0.717, 1.165) is 64.2 Å². The highest BCUT2D eigenvalue weighted by molar-refractivity contribution is 5.71. The van der Waals surface area contributed by atoms with Gasteiger partial charge < -0.3 is 14.2 Å². The van der Waals surface area contributed by atoms with Crippen molar-refractivity contribution in [3.63, 3.8) is 0 Å². The van der Waals surface area contributed by atoms with Crippen molar-refractivity contribution in [3.8, 4) is 0 Å². The van der Waals surface area contributed by atoms with Crippen LogP contribution in [-0.4, -0.2) is 37.2 Å². The third-order valence-corrected chi connectivity index (χ3v) is 17.2. The zero-order valence-corrected chi connectivity index (χ0v) is 55.8. The predicted octanol–water partition coefficient (Wildman–Crippen LogP) is 25.7. The Morgan fingerprint density at radius 1 is 0.244 bits per heavy atom. The highest BCUT2D eigenvalue weighted by Gasteiger charge is 2.20. The van der Waals surface area contributed by atoms with Crippen molar-refractivity contribution < 1.29 is 28.6 Å². The summed E-state index contributed by atoms with van der Waals surface area (Å²) in [6.07, 6.45) is 88.0. The molecular formula is C76H144O6. The lowest BCUT2D eigenvalue weighted by atomic mass is 10.0. The minimum atomic E-state index is -0.765. The molecule has 0 N–H and O–H groups in total. The first kappa shape index (κ1) is 79.9. The molecule has 6 heteroatoms. The van der Waals surface area contributed by atoms with Gasteiger partial charge in [-0.2, -0.15) is 0 Å². The Kier molecular flexibility index (Phi) is 69.5. The molecule has 1 unspecified atom stereocenters. The number of esters is 3. The molecule has 0 aromatic rings. The summed E-state index contributed by atoms with van der Waals surface area (Å²) in [5.41, 5.74) is 0. The Bertz CT molecular complexity index is 1320. The molecule has 0 aromatic heterocycles. The van der Waals surface area contributed by atoms with Crippen LogP contribution in [0.25, 0.3) is 0 Å². The summed E-state index contributed by atoms with van der Waals surface area (Å²) in [6, 6.07) is 0. The second kappa shape index (κ2) is 71.4. The summed E-state index contributed by atoms with van der Waals surface area (Å²) in [7, 11) is 0. The van der Waals surface area contributed by atoms with E-state index in [1.165, 1.54) is 321 Å². The number of allylic oxidation sites excluding steroid dienone is 4. The fourth-order valence-electron chi connectivity index (χ4n) is 11.6. The molecule has 0 aliphatic carbocycles. The number of hydrogen-bond acceptors (Lipinski definition) is 6. The number of carbonyl (C=O) groups is 3. The van der Waals surface area contributed by atoms with Gasteiger partial charge in [-0.05, 0) is 51.4 Å². The molecule has 0 radical (unpaired) electrons. The zero-order valence-electron chi connectivity index (χ0n) is 55.8. The number of carbonyl (C=O) groups excluding carboxylic acids is 3. The first-order valence-electron chi connectivity index (χ1n) is 37.3. The number of ether oxygens (including phenoxy) is 3. The van der Waals surface area contributed by atoms with E-state index in [4.69, 9.17) is 14.2 Å². The Balaban J connectivity index is 4.09. The third-order valence-electron chi connectivity index (χ3n) is 17.2. The highest BCUT2D eigenvalue weighted by Crippen LogP contribution is 2.19. The maximum atomic E-state index is 12.9. The normalized spacial score (nSPS) is 12.1. The molecule has 0 spiro atoms. The topological polar surface area (TPSA) is 78.9 Å². The summed E-state index contributed by atoms with van der Waals surface area (Å²) in [5, 5.41) is 0. The van der Waals surface area contributed by atoms with Crippen LogP contribution >= 0.6 is 0 Å². The van der Waals surface area contributed by atoms with Gasteiger partial charge in [-0.1, -0.05) is 379 Å². The molecule has 1 atom stereocenters. The lowest BCUT2D eigenvalue weighted by Crippen LogP contribution is -2.30. The van der Waals surface area contributed by atoms with Crippen molar-refractivity contribution in [3.05, 3.63) is 24.3 Å². The number of hydrogen-bond donors (Lipinski definition) is 0. The maximum Gasteiger partial charge on any atom is 0.306 e. The van der Waals surface area contributed by atoms with Crippen molar-refractivity contribution in [1.29, 1.82) is 0 Å². The molecule has 0 saturated carbocycles. The lowest BCUT2D eigenvalue weighted by Gasteiger charge is -2.18. The van der Waals surface area contributed by atoms with Gasteiger partial charge >= 0.3 is 17.9 Å². The summed E-state index contributed by atoms with van der Waals surface area (Å²) >= 11 is 0. The molecule has 6 nitrogen and oxygen atoms in total. The van der Waals surface area contributed by atoms with E-state index in [-0.39, 0.29) is 31.1 Å². The van der Waals surface area contributed by atoms with Crippen LogP contribution < -0.4 is 0 Å². The van der Waals surface area contributed by atoms with E-state index in [1.807, 2.05) is 0 Å². The summed E-state index contributed by atoms with van der Waals surface area (Å²) in [6.45, 7) is 6.72. The largest absolute Gasteiger partial charge is 0.462 e. The SMILES string of the molecule is CCCCCCC/C=C\C/C=C\CCCCCCCCCCCCCCCCCCCCCCCC(=O)OCC(COC(=O)CCCCCCCCCCCCCCC)OC(=O)CCCCCCCCCCCCCCCCCCCC. The molecule has 0 saturated heterocycles. The van der Waals surface area contributed by atoms with Gasteiger partial charge in [0.1, 0.15) is 13.2 Å². The van der Waals surface area contributed by atoms with E-state index < -0.39 is 6.10 Å². The van der Waals surface area contributed by atoms with Crippen molar-refractivity contribution >= 4 is 17.9 Å². The van der Waals surface area contributed by atoms with Crippen LogP contribution in [0.15, 0.2) is 24.3 Å². The Labute approximate surface area is 513 Å². The van der Waals surface area contributed by atoms with Gasteiger partial charge in [0.15, 0.2) is 6.10 Å². The standard InChI is InChI=1S/C76H144O6/c1-4-7-10-13-16-19-22-25-27-29-31-32-33-34-35-36-37-38-39-40-41-42-43-44-45-47-48-51-54-57-60-63-66-69-75(78)81-72-73(71-80-74(77)68-65-62-59-56-53-50-24-21-18-15-12-9-6-3)82-76(79)70-67-64-61-58-55-52-49-46-30-28-26-23-20-17-14-11-8-5-2/h22,25,29,31,73H,4-21,23-24,26-28,30,32-72H2,1-3H3/b25-22-,31-29-. The Morgan fingerprint density at radius 3 is 0.671 bits per heavy atom. The van der Waals surface area contributed by atoms with Crippen LogP contribution in [0.5, 0.6) is 0 Å². The fourth-order valence-corrected chi connectivity index (χ4v) is 11.6. The maximum absolute atomic E-state index is 12.9. The second-order valence-corrected chi connectivity index (χ2v) is 25.6. The first-order chi connectivity index (χ1) is 40.5. The molecule has 0 amide bonds. The lowest BCUT2D eigenvalue weighted by molar-refractivity contribution is -0.167. The van der Waals surface area contributed by atoms with E-state index in [0.29, 0.717) is 19.3 Å². The molecule has 82 heavy (non-hydrogen) atoms. The minimum Gasteiger partial charge on any atom is -0.462 e. The van der Waals surface area contributed by atoms with Gasteiger partial charge in [0.05, 0.1) is 0 Å². The molecule has 0 aliphatic heterocycles. The van der Waals surface area contributed by atoms with E-state index >= 15 is 0 Å². The van der Waals surface area contributed by atoms with Gasteiger partial charge in [0.25, 0.3) is 0 Å². The minimum absolute atomic E-state index is 0.0625. The van der Waals surface area contributed by atoms with Gasteiger partial charge in [-0.3, -0.25) is 14.4 Å². The Morgan fingerprint density at radius 2 is 0.439 bits per heavy atom. The van der Waals surface area contributed by atoms with Crippen LogP contribution in [0.4, 0.5) is 0 Å². The fraction of sp³-hybridized carbons (Fsp3) is 0.908. The van der Waals surface area contributed by atoms with Gasteiger partial charge in [-0.25, -0.2) is 0 Å². The molecule has 0 fully saturated rings.